The maximum absolute atomic E-state index is 9.59. The Bertz CT molecular complexity index is 613. The summed E-state index contributed by atoms with van der Waals surface area (Å²) < 4.78 is 5.87. The average Bonchev–Trinajstić information content (AvgIpc) is 2.57. The molecule has 1 aliphatic carbocycles. The van der Waals surface area contributed by atoms with Crippen molar-refractivity contribution in [1.82, 2.24) is 15.3 Å². The first-order valence-corrected chi connectivity index (χ1v) is 8.18. The number of rotatable bonds is 5. The lowest BCUT2D eigenvalue weighted by molar-refractivity contribution is 0.131. The van der Waals surface area contributed by atoms with Crippen molar-refractivity contribution in [2.45, 2.75) is 50.8 Å². The highest BCUT2D eigenvalue weighted by Crippen LogP contribution is 2.25. The monoisotopic (exact) mass is 313 g/mol. The first kappa shape index (κ1) is 15.7. The molecular formula is C18H23N3O2. The zero-order valence-corrected chi connectivity index (χ0v) is 13.4. The number of aromatic nitrogens is 2. The van der Waals surface area contributed by atoms with Crippen LogP contribution in [0, 0.1) is 0 Å². The molecule has 1 heterocycles. The van der Waals surface area contributed by atoms with Gasteiger partial charge in [-0.1, -0.05) is 12.1 Å². The minimum Gasteiger partial charge on any atom is -0.508 e. The van der Waals surface area contributed by atoms with Crippen molar-refractivity contribution in [2.75, 3.05) is 0 Å². The van der Waals surface area contributed by atoms with E-state index in [4.69, 9.17) is 4.74 Å². The van der Waals surface area contributed by atoms with E-state index in [0.717, 1.165) is 31.2 Å². The number of benzene rings is 1. The molecule has 0 spiro atoms. The molecule has 2 N–H and O–H groups in total. The number of ether oxygens (including phenoxy) is 1. The van der Waals surface area contributed by atoms with Crippen LogP contribution in [0.15, 0.2) is 42.9 Å². The van der Waals surface area contributed by atoms with Gasteiger partial charge in [0.25, 0.3) is 0 Å². The van der Waals surface area contributed by atoms with Gasteiger partial charge in [-0.25, -0.2) is 4.98 Å². The highest BCUT2D eigenvalue weighted by atomic mass is 16.5. The molecule has 1 atom stereocenters. The van der Waals surface area contributed by atoms with Crippen LogP contribution in [0.4, 0.5) is 0 Å². The van der Waals surface area contributed by atoms with E-state index in [1.807, 2.05) is 18.2 Å². The molecule has 0 bridgehead atoms. The summed E-state index contributed by atoms with van der Waals surface area (Å²) in [5.41, 5.74) is 1.11. The van der Waals surface area contributed by atoms with E-state index in [1.54, 1.807) is 24.7 Å². The number of nitrogens with one attached hydrogen (secondary N) is 1. The van der Waals surface area contributed by atoms with E-state index in [9.17, 15) is 5.11 Å². The Morgan fingerprint density at radius 1 is 1.22 bits per heavy atom. The minimum atomic E-state index is 0.223. The predicted molar refractivity (Wildman–Crippen MR) is 88.4 cm³/mol. The summed E-state index contributed by atoms with van der Waals surface area (Å²) in [5, 5.41) is 13.2. The van der Waals surface area contributed by atoms with Gasteiger partial charge in [0.05, 0.1) is 6.20 Å². The summed E-state index contributed by atoms with van der Waals surface area (Å²) in [7, 11) is 0. The minimum absolute atomic E-state index is 0.223. The Labute approximate surface area is 136 Å². The fraction of sp³-hybridized carbons (Fsp3) is 0.444. The summed E-state index contributed by atoms with van der Waals surface area (Å²) in [6, 6.07) is 8.15. The number of hydrogen-bond donors (Lipinski definition) is 2. The van der Waals surface area contributed by atoms with Crippen LogP contribution in [-0.4, -0.2) is 27.2 Å². The molecule has 23 heavy (non-hydrogen) atoms. The third kappa shape index (κ3) is 4.42. The van der Waals surface area contributed by atoms with Crippen LogP contribution in [0.1, 0.15) is 44.2 Å². The summed E-state index contributed by atoms with van der Waals surface area (Å²) in [5.74, 6) is 0.925. The first-order chi connectivity index (χ1) is 11.2. The van der Waals surface area contributed by atoms with Crippen molar-refractivity contribution < 1.29 is 9.84 Å². The fourth-order valence-corrected chi connectivity index (χ4v) is 3.11. The standard InChI is InChI=1S/C18H23N3O2/c1-13(14-3-2-4-16(22)11-14)21-15-5-7-17(8-6-15)23-18-12-19-9-10-20-18/h2-4,9-13,15,17,21-22H,5-8H2,1H3. The maximum Gasteiger partial charge on any atom is 0.232 e. The second-order valence-corrected chi connectivity index (χ2v) is 6.12. The van der Waals surface area contributed by atoms with Gasteiger partial charge in [0.15, 0.2) is 0 Å². The Morgan fingerprint density at radius 3 is 2.74 bits per heavy atom. The highest BCUT2D eigenvalue weighted by Gasteiger charge is 2.24. The van der Waals surface area contributed by atoms with E-state index in [1.165, 1.54) is 0 Å². The van der Waals surface area contributed by atoms with E-state index < -0.39 is 0 Å². The topological polar surface area (TPSA) is 67.3 Å². The van der Waals surface area contributed by atoms with Crippen molar-refractivity contribution in [3.8, 4) is 11.6 Å². The molecule has 1 unspecified atom stereocenters. The summed E-state index contributed by atoms with van der Waals surface area (Å²) in [6.07, 6.45) is 9.37. The van der Waals surface area contributed by atoms with E-state index in [-0.39, 0.29) is 12.1 Å². The van der Waals surface area contributed by atoms with Gasteiger partial charge in [-0.15, -0.1) is 0 Å². The van der Waals surface area contributed by atoms with Crippen molar-refractivity contribution in [2.24, 2.45) is 0 Å². The van der Waals surface area contributed by atoms with Crippen molar-refractivity contribution in [1.29, 1.82) is 0 Å². The zero-order chi connectivity index (χ0) is 16.1. The molecule has 1 fully saturated rings. The van der Waals surface area contributed by atoms with Gasteiger partial charge in [-0.3, -0.25) is 4.98 Å². The lowest BCUT2D eigenvalue weighted by atomic mass is 9.92. The van der Waals surface area contributed by atoms with E-state index in [0.29, 0.717) is 17.7 Å². The molecule has 0 saturated heterocycles. The third-order valence-corrected chi connectivity index (χ3v) is 4.36. The average molecular weight is 313 g/mol. The molecule has 1 aromatic heterocycles. The third-order valence-electron chi connectivity index (χ3n) is 4.36. The number of phenolic OH excluding ortho intramolecular Hbond substituents is 1. The number of hydrogen-bond acceptors (Lipinski definition) is 5. The lowest BCUT2D eigenvalue weighted by Crippen LogP contribution is -2.37. The molecule has 1 aliphatic rings. The van der Waals surface area contributed by atoms with Crippen LogP contribution in [0.3, 0.4) is 0 Å². The number of aromatic hydroxyl groups is 1. The van der Waals surface area contributed by atoms with Crippen molar-refractivity contribution in [3.05, 3.63) is 48.4 Å². The van der Waals surface area contributed by atoms with Gasteiger partial charge in [-0.05, 0) is 50.3 Å². The van der Waals surface area contributed by atoms with Crippen LogP contribution in [0.2, 0.25) is 0 Å². The van der Waals surface area contributed by atoms with E-state index >= 15 is 0 Å². The molecule has 5 nitrogen and oxygen atoms in total. The molecule has 1 saturated carbocycles. The molecule has 0 radical (unpaired) electrons. The van der Waals surface area contributed by atoms with Gasteiger partial charge in [-0.2, -0.15) is 0 Å². The smallest absolute Gasteiger partial charge is 0.232 e. The quantitative estimate of drug-likeness (QED) is 0.887. The van der Waals surface area contributed by atoms with Gasteiger partial charge in [0.1, 0.15) is 11.9 Å². The van der Waals surface area contributed by atoms with Crippen LogP contribution in [-0.2, 0) is 0 Å². The van der Waals surface area contributed by atoms with Gasteiger partial charge in [0.2, 0.25) is 5.88 Å². The normalized spacial score (nSPS) is 22.5. The highest BCUT2D eigenvalue weighted by molar-refractivity contribution is 5.29. The van der Waals surface area contributed by atoms with Crippen LogP contribution in [0.5, 0.6) is 11.6 Å². The predicted octanol–water partition coefficient (Wildman–Crippen LogP) is 3.22. The molecule has 0 aliphatic heterocycles. The Morgan fingerprint density at radius 2 is 2.04 bits per heavy atom. The Hall–Kier alpha value is -2.14. The zero-order valence-electron chi connectivity index (χ0n) is 13.4. The Balaban J connectivity index is 1.47. The fourth-order valence-electron chi connectivity index (χ4n) is 3.11. The maximum atomic E-state index is 9.59. The summed E-state index contributed by atoms with van der Waals surface area (Å²) in [6.45, 7) is 2.14. The molecule has 3 rings (SSSR count). The second kappa shape index (κ2) is 7.42. The summed E-state index contributed by atoms with van der Waals surface area (Å²) in [4.78, 5) is 8.19. The molecule has 0 amide bonds. The molecule has 1 aromatic carbocycles. The number of nitrogens with zero attached hydrogens (tertiary/aromatic N) is 2. The largest absolute Gasteiger partial charge is 0.508 e. The van der Waals surface area contributed by atoms with Crippen molar-refractivity contribution >= 4 is 0 Å². The number of phenols is 1. The van der Waals surface area contributed by atoms with Crippen LogP contribution >= 0.6 is 0 Å². The molecule has 2 aromatic rings. The molecule has 122 valence electrons. The van der Waals surface area contributed by atoms with Crippen LogP contribution < -0.4 is 10.1 Å². The van der Waals surface area contributed by atoms with Crippen LogP contribution in [0.25, 0.3) is 0 Å². The second-order valence-electron chi connectivity index (χ2n) is 6.12. The lowest BCUT2D eigenvalue weighted by Gasteiger charge is -2.31. The SMILES string of the molecule is CC(NC1CCC(Oc2cnccn2)CC1)c1cccc(O)c1. The van der Waals surface area contributed by atoms with Crippen molar-refractivity contribution in [3.63, 3.8) is 0 Å². The molecular weight excluding hydrogens is 290 g/mol. The van der Waals surface area contributed by atoms with E-state index in [2.05, 4.69) is 22.2 Å². The van der Waals surface area contributed by atoms with Gasteiger partial charge < -0.3 is 15.2 Å². The van der Waals surface area contributed by atoms with Gasteiger partial charge >= 0.3 is 0 Å². The summed E-state index contributed by atoms with van der Waals surface area (Å²) >= 11 is 0. The van der Waals surface area contributed by atoms with Gasteiger partial charge in [0, 0.05) is 24.5 Å². The molecule has 5 heteroatoms. The first-order valence-electron chi connectivity index (χ1n) is 8.18. The Kier molecular flexibility index (Phi) is 5.08.